The zero-order valence-electron chi connectivity index (χ0n) is 10.3. The van der Waals surface area contributed by atoms with Crippen molar-refractivity contribution >= 4 is 15.9 Å². The smallest absolute Gasteiger partial charge is 0.119 e. The van der Waals surface area contributed by atoms with E-state index in [4.69, 9.17) is 4.74 Å². The molecule has 4 nitrogen and oxygen atoms in total. The maximum absolute atomic E-state index is 5.64. The maximum atomic E-state index is 5.64. The predicted octanol–water partition coefficient (Wildman–Crippen LogP) is 2.44. The van der Waals surface area contributed by atoms with Gasteiger partial charge in [0.05, 0.1) is 12.7 Å². The molecule has 0 spiro atoms. The number of hydrogen-bond acceptors (Lipinski definition) is 3. The lowest BCUT2D eigenvalue weighted by Gasteiger charge is -2.06. The number of nitrogens with one attached hydrogen (secondary N) is 1. The highest BCUT2D eigenvalue weighted by Gasteiger charge is 1.98. The topological polar surface area (TPSA) is 39.1 Å². The quantitative estimate of drug-likeness (QED) is 0.891. The van der Waals surface area contributed by atoms with Gasteiger partial charge in [-0.05, 0) is 31.3 Å². The summed E-state index contributed by atoms with van der Waals surface area (Å²) in [5.74, 6) is 0.876. The Hall–Kier alpha value is -1.33. The third kappa shape index (κ3) is 3.85. The van der Waals surface area contributed by atoms with Gasteiger partial charge in [0.25, 0.3) is 0 Å². The third-order valence-corrected chi connectivity index (χ3v) is 3.00. The van der Waals surface area contributed by atoms with Gasteiger partial charge in [-0.15, -0.1) is 0 Å². The van der Waals surface area contributed by atoms with E-state index in [0.29, 0.717) is 6.61 Å². The van der Waals surface area contributed by atoms with Gasteiger partial charge in [0, 0.05) is 22.8 Å². The molecule has 1 N–H and O–H groups in total. The first-order valence-electron chi connectivity index (χ1n) is 5.82. The minimum Gasteiger partial charge on any atom is -0.492 e. The lowest BCUT2D eigenvalue weighted by Crippen LogP contribution is -2.08. The highest BCUT2D eigenvalue weighted by molar-refractivity contribution is 9.10. The van der Waals surface area contributed by atoms with Gasteiger partial charge in [-0.2, -0.15) is 5.10 Å². The van der Waals surface area contributed by atoms with Crippen LogP contribution in [0.1, 0.15) is 5.56 Å². The van der Waals surface area contributed by atoms with E-state index in [-0.39, 0.29) is 0 Å². The van der Waals surface area contributed by atoms with Crippen molar-refractivity contribution < 1.29 is 4.74 Å². The molecule has 1 aromatic heterocycles. The Kier molecular flexibility index (Phi) is 4.78. The summed E-state index contributed by atoms with van der Waals surface area (Å²) >= 11 is 3.39. The zero-order chi connectivity index (χ0) is 12.8. The van der Waals surface area contributed by atoms with Crippen LogP contribution in [0, 0.1) is 0 Å². The molecule has 0 saturated carbocycles. The van der Waals surface area contributed by atoms with Crippen LogP contribution >= 0.6 is 15.9 Å². The number of halogens is 1. The van der Waals surface area contributed by atoms with Crippen LogP contribution in [0.5, 0.6) is 5.75 Å². The fourth-order valence-corrected chi connectivity index (χ4v) is 1.88. The molecular formula is C13H16BrN3O. The number of benzene rings is 1. The number of rotatable bonds is 6. The second-order valence-corrected chi connectivity index (χ2v) is 4.86. The van der Waals surface area contributed by atoms with E-state index in [1.54, 1.807) is 0 Å². The number of aromatic nitrogens is 2. The predicted molar refractivity (Wildman–Crippen MR) is 74.6 cm³/mol. The van der Waals surface area contributed by atoms with Crippen molar-refractivity contribution in [1.82, 2.24) is 15.1 Å². The summed E-state index contributed by atoms with van der Waals surface area (Å²) < 4.78 is 8.59. The van der Waals surface area contributed by atoms with Crippen LogP contribution in [-0.4, -0.2) is 23.4 Å². The Morgan fingerprint density at radius 2 is 2.11 bits per heavy atom. The van der Waals surface area contributed by atoms with E-state index in [0.717, 1.165) is 23.3 Å². The first kappa shape index (κ1) is 13.1. The van der Waals surface area contributed by atoms with Crippen LogP contribution in [0.4, 0.5) is 0 Å². The van der Waals surface area contributed by atoms with E-state index in [2.05, 4.69) is 26.3 Å². The molecule has 0 aliphatic heterocycles. The maximum Gasteiger partial charge on any atom is 0.119 e. The lowest BCUT2D eigenvalue weighted by molar-refractivity contribution is 0.291. The summed E-state index contributed by atoms with van der Waals surface area (Å²) in [4.78, 5) is 0. The molecule has 0 radical (unpaired) electrons. The highest BCUT2D eigenvalue weighted by Crippen LogP contribution is 2.15. The number of nitrogens with zero attached hydrogens (tertiary/aromatic N) is 2. The molecule has 18 heavy (non-hydrogen) atoms. The fourth-order valence-electron chi connectivity index (χ4n) is 1.61. The van der Waals surface area contributed by atoms with E-state index in [1.165, 1.54) is 5.56 Å². The van der Waals surface area contributed by atoms with Crippen molar-refractivity contribution in [2.75, 3.05) is 13.7 Å². The molecule has 0 saturated heterocycles. The number of ether oxygens (including phenoxy) is 1. The highest BCUT2D eigenvalue weighted by atomic mass is 79.9. The molecule has 96 valence electrons. The van der Waals surface area contributed by atoms with Gasteiger partial charge in [-0.25, -0.2) is 0 Å². The summed E-state index contributed by atoms with van der Waals surface area (Å²) in [6, 6.07) is 7.82. The van der Waals surface area contributed by atoms with Crippen molar-refractivity contribution in [2.24, 2.45) is 0 Å². The molecule has 2 aromatic rings. The van der Waals surface area contributed by atoms with Crippen molar-refractivity contribution in [2.45, 2.75) is 13.1 Å². The molecule has 2 rings (SSSR count). The van der Waals surface area contributed by atoms with Crippen molar-refractivity contribution in [1.29, 1.82) is 0 Å². The standard InChI is InChI=1S/C13H16BrN3O/c1-15-8-11-9-16-17(10-11)6-7-18-13-4-2-12(14)3-5-13/h2-5,9-10,15H,6-8H2,1H3. The van der Waals surface area contributed by atoms with Gasteiger partial charge >= 0.3 is 0 Å². The first-order valence-corrected chi connectivity index (χ1v) is 6.61. The SMILES string of the molecule is CNCc1cnn(CCOc2ccc(Br)cc2)c1. The minimum atomic E-state index is 0.613. The van der Waals surface area contributed by atoms with Gasteiger partial charge in [0.1, 0.15) is 12.4 Å². The van der Waals surface area contributed by atoms with Gasteiger partial charge in [-0.1, -0.05) is 15.9 Å². The molecule has 0 atom stereocenters. The first-order chi connectivity index (χ1) is 8.78. The average Bonchev–Trinajstić information content (AvgIpc) is 2.80. The molecule has 1 heterocycles. The van der Waals surface area contributed by atoms with E-state index >= 15 is 0 Å². The molecule has 5 heteroatoms. The van der Waals surface area contributed by atoms with E-state index in [9.17, 15) is 0 Å². The molecule has 0 bridgehead atoms. The summed E-state index contributed by atoms with van der Waals surface area (Å²) in [7, 11) is 1.92. The molecular weight excluding hydrogens is 294 g/mol. The van der Waals surface area contributed by atoms with Gasteiger partial charge in [0.2, 0.25) is 0 Å². The van der Waals surface area contributed by atoms with Gasteiger partial charge in [0.15, 0.2) is 0 Å². The summed E-state index contributed by atoms with van der Waals surface area (Å²) in [5.41, 5.74) is 1.18. The van der Waals surface area contributed by atoms with Crippen LogP contribution < -0.4 is 10.1 Å². The third-order valence-electron chi connectivity index (χ3n) is 2.47. The van der Waals surface area contributed by atoms with E-state index < -0.39 is 0 Å². The lowest BCUT2D eigenvalue weighted by atomic mass is 10.3. The van der Waals surface area contributed by atoms with E-state index in [1.807, 2.05) is 48.4 Å². The molecule has 0 amide bonds. The molecule has 0 aliphatic carbocycles. The normalized spacial score (nSPS) is 10.6. The van der Waals surface area contributed by atoms with Crippen LogP contribution in [0.3, 0.4) is 0 Å². The Labute approximate surface area is 115 Å². The molecule has 0 unspecified atom stereocenters. The van der Waals surface area contributed by atoms with Gasteiger partial charge < -0.3 is 10.1 Å². The summed E-state index contributed by atoms with van der Waals surface area (Å²) in [6.07, 6.45) is 3.90. The zero-order valence-corrected chi connectivity index (χ0v) is 11.9. The van der Waals surface area contributed by atoms with Crippen molar-refractivity contribution in [3.63, 3.8) is 0 Å². The number of hydrogen-bond donors (Lipinski definition) is 1. The largest absolute Gasteiger partial charge is 0.492 e. The second kappa shape index (κ2) is 6.56. The molecule has 0 aliphatic rings. The van der Waals surface area contributed by atoms with Crippen molar-refractivity contribution in [3.8, 4) is 5.75 Å². The van der Waals surface area contributed by atoms with Crippen LogP contribution in [0.15, 0.2) is 41.1 Å². The molecule has 1 aromatic carbocycles. The van der Waals surface area contributed by atoms with Crippen molar-refractivity contribution in [3.05, 3.63) is 46.7 Å². The average molecular weight is 310 g/mol. The Morgan fingerprint density at radius 3 is 2.83 bits per heavy atom. The van der Waals surface area contributed by atoms with Gasteiger partial charge in [-0.3, -0.25) is 4.68 Å². The summed E-state index contributed by atoms with van der Waals surface area (Å²) in [5, 5.41) is 7.36. The van der Waals surface area contributed by atoms with Crippen LogP contribution in [-0.2, 0) is 13.1 Å². The Bertz CT molecular complexity index is 481. The summed E-state index contributed by atoms with van der Waals surface area (Å²) in [6.45, 7) is 2.20. The van der Waals surface area contributed by atoms with Crippen LogP contribution in [0.25, 0.3) is 0 Å². The minimum absolute atomic E-state index is 0.613. The fraction of sp³-hybridized carbons (Fsp3) is 0.308. The Balaban J connectivity index is 1.79. The van der Waals surface area contributed by atoms with Crippen LogP contribution in [0.2, 0.25) is 0 Å². The molecule has 0 fully saturated rings. The second-order valence-electron chi connectivity index (χ2n) is 3.94. The monoisotopic (exact) mass is 309 g/mol. The Morgan fingerprint density at radius 1 is 1.33 bits per heavy atom.